The summed E-state index contributed by atoms with van der Waals surface area (Å²) in [5.41, 5.74) is 7.12. The predicted molar refractivity (Wildman–Crippen MR) is 53.5 cm³/mol. The fourth-order valence-electron chi connectivity index (χ4n) is 1.19. The van der Waals surface area contributed by atoms with Gasteiger partial charge in [-0.2, -0.15) is 0 Å². The van der Waals surface area contributed by atoms with Crippen LogP contribution in [0.4, 0.5) is 11.4 Å². The summed E-state index contributed by atoms with van der Waals surface area (Å²) in [5, 5.41) is 2.96. The van der Waals surface area contributed by atoms with Crippen LogP contribution in [0.25, 0.3) is 0 Å². The summed E-state index contributed by atoms with van der Waals surface area (Å²) in [4.78, 5) is 0. The van der Waals surface area contributed by atoms with Crippen LogP contribution in [0.1, 0.15) is 0 Å². The second kappa shape index (κ2) is 3.89. The van der Waals surface area contributed by atoms with Crippen molar-refractivity contribution in [3.63, 3.8) is 0 Å². The van der Waals surface area contributed by atoms with Crippen molar-refractivity contribution >= 4 is 11.4 Å². The lowest BCUT2D eigenvalue weighted by molar-refractivity contribution is 0.406. The van der Waals surface area contributed by atoms with E-state index >= 15 is 0 Å². The van der Waals surface area contributed by atoms with Gasteiger partial charge in [-0.15, -0.1) is 0 Å². The SMILES string of the molecule is CNc1c(OC)ccc(OC)c1N. The van der Waals surface area contributed by atoms with E-state index in [0.29, 0.717) is 17.2 Å². The van der Waals surface area contributed by atoms with Crippen molar-refractivity contribution in [3.8, 4) is 11.5 Å². The molecule has 0 aliphatic heterocycles. The number of anilines is 2. The molecule has 0 atom stereocenters. The van der Waals surface area contributed by atoms with Crippen LogP contribution in [0.3, 0.4) is 0 Å². The lowest BCUT2D eigenvalue weighted by Crippen LogP contribution is -2.01. The summed E-state index contributed by atoms with van der Waals surface area (Å²) < 4.78 is 10.2. The molecule has 0 unspecified atom stereocenters. The molecule has 0 heterocycles. The summed E-state index contributed by atoms with van der Waals surface area (Å²) in [6.07, 6.45) is 0. The van der Waals surface area contributed by atoms with E-state index in [-0.39, 0.29) is 0 Å². The molecule has 1 rings (SSSR count). The Morgan fingerprint density at radius 1 is 1.15 bits per heavy atom. The highest BCUT2D eigenvalue weighted by molar-refractivity contribution is 5.78. The van der Waals surface area contributed by atoms with Gasteiger partial charge in [0.05, 0.1) is 14.2 Å². The zero-order chi connectivity index (χ0) is 9.84. The van der Waals surface area contributed by atoms with Gasteiger partial charge in [-0.25, -0.2) is 0 Å². The topological polar surface area (TPSA) is 56.5 Å². The molecular weight excluding hydrogens is 168 g/mol. The molecule has 3 N–H and O–H groups in total. The number of nitrogen functional groups attached to an aromatic ring is 1. The molecular formula is C9H14N2O2. The average Bonchev–Trinajstić information content (AvgIpc) is 2.17. The van der Waals surface area contributed by atoms with Gasteiger partial charge in [0.2, 0.25) is 0 Å². The summed E-state index contributed by atoms with van der Waals surface area (Å²) >= 11 is 0. The summed E-state index contributed by atoms with van der Waals surface area (Å²) in [5.74, 6) is 1.35. The maximum absolute atomic E-state index is 5.81. The highest BCUT2D eigenvalue weighted by Crippen LogP contribution is 2.36. The highest BCUT2D eigenvalue weighted by atomic mass is 16.5. The van der Waals surface area contributed by atoms with E-state index in [1.807, 2.05) is 0 Å². The molecule has 0 aliphatic carbocycles. The average molecular weight is 182 g/mol. The first-order chi connectivity index (χ1) is 6.24. The number of rotatable bonds is 3. The van der Waals surface area contributed by atoms with Crippen molar-refractivity contribution in [3.05, 3.63) is 12.1 Å². The molecule has 13 heavy (non-hydrogen) atoms. The molecule has 4 nitrogen and oxygen atoms in total. The molecule has 1 aromatic rings. The van der Waals surface area contributed by atoms with Crippen LogP contribution < -0.4 is 20.5 Å². The Balaban J connectivity index is 3.23. The van der Waals surface area contributed by atoms with Crippen LogP contribution >= 0.6 is 0 Å². The first-order valence-electron chi connectivity index (χ1n) is 3.92. The predicted octanol–water partition coefficient (Wildman–Crippen LogP) is 1.33. The third-order valence-electron chi connectivity index (χ3n) is 1.86. The first-order valence-corrected chi connectivity index (χ1v) is 3.92. The summed E-state index contributed by atoms with van der Waals surface area (Å²) in [7, 11) is 4.97. The minimum atomic E-state index is 0.560. The van der Waals surface area contributed by atoms with Gasteiger partial charge in [-0.05, 0) is 12.1 Å². The zero-order valence-electron chi connectivity index (χ0n) is 8.05. The Labute approximate surface area is 77.6 Å². The van der Waals surface area contributed by atoms with E-state index in [2.05, 4.69) is 5.32 Å². The van der Waals surface area contributed by atoms with E-state index < -0.39 is 0 Å². The van der Waals surface area contributed by atoms with Gasteiger partial charge in [-0.1, -0.05) is 0 Å². The number of hydrogen-bond acceptors (Lipinski definition) is 4. The van der Waals surface area contributed by atoms with Crippen molar-refractivity contribution in [2.45, 2.75) is 0 Å². The van der Waals surface area contributed by atoms with Crippen LogP contribution in [-0.2, 0) is 0 Å². The van der Waals surface area contributed by atoms with Crippen molar-refractivity contribution in [2.75, 3.05) is 32.3 Å². The second-order valence-corrected chi connectivity index (χ2v) is 2.51. The molecule has 1 aromatic carbocycles. The highest BCUT2D eigenvalue weighted by Gasteiger charge is 2.09. The fourth-order valence-corrected chi connectivity index (χ4v) is 1.19. The van der Waals surface area contributed by atoms with Crippen LogP contribution in [0.15, 0.2) is 12.1 Å². The Kier molecular flexibility index (Phi) is 2.84. The number of methoxy groups -OCH3 is 2. The quantitative estimate of drug-likeness (QED) is 0.692. The molecule has 0 saturated carbocycles. The third-order valence-corrected chi connectivity index (χ3v) is 1.86. The summed E-state index contributed by atoms with van der Waals surface area (Å²) in [6, 6.07) is 3.58. The number of benzene rings is 1. The first kappa shape index (κ1) is 9.51. The van der Waals surface area contributed by atoms with Gasteiger partial charge in [0, 0.05) is 7.05 Å². The van der Waals surface area contributed by atoms with E-state index in [1.165, 1.54) is 0 Å². The van der Waals surface area contributed by atoms with Crippen molar-refractivity contribution in [1.82, 2.24) is 0 Å². The van der Waals surface area contributed by atoms with Gasteiger partial charge in [0.1, 0.15) is 22.9 Å². The van der Waals surface area contributed by atoms with Gasteiger partial charge >= 0.3 is 0 Å². The molecule has 0 bridgehead atoms. The molecule has 0 fully saturated rings. The molecule has 72 valence electrons. The van der Waals surface area contributed by atoms with Crippen LogP contribution in [0.2, 0.25) is 0 Å². The number of nitrogens with one attached hydrogen (secondary N) is 1. The van der Waals surface area contributed by atoms with Crippen molar-refractivity contribution < 1.29 is 9.47 Å². The standard InChI is InChI=1S/C9H14N2O2/c1-11-9-7(13-3)5-4-6(12-2)8(9)10/h4-5,11H,10H2,1-3H3. The van der Waals surface area contributed by atoms with Crippen LogP contribution in [0.5, 0.6) is 11.5 Å². The second-order valence-electron chi connectivity index (χ2n) is 2.51. The van der Waals surface area contributed by atoms with E-state index in [9.17, 15) is 0 Å². The van der Waals surface area contributed by atoms with Crippen LogP contribution in [0, 0.1) is 0 Å². The zero-order valence-corrected chi connectivity index (χ0v) is 8.05. The maximum Gasteiger partial charge on any atom is 0.144 e. The number of hydrogen-bond donors (Lipinski definition) is 2. The number of ether oxygens (including phenoxy) is 2. The maximum atomic E-state index is 5.81. The minimum absolute atomic E-state index is 0.560. The molecule has 0 aliphatic rings. The number of nitrogens with two attached hydrogens (primary N) is 1. The van der Waals surface area contributed by atoms with Crippen molar-refractivity contribution in [1.29, 1.82) is 0 Å². The Morgan fingerprint density at radius 3 is 2.15 bits per heavy atom. The molecule has 0 saturated heterocycles. The Hall–Kier alpha value is -1.58. The lowest BCUT2D eigenvalue weighted by Gasteiger charge is -2.13. The molecule has 4 heteroatoms. The fraction of sp³-hybridized carbons (Fsp3) is 0.333. The lowest BCUT2D eigenvalue weighted by atomic mass is 10.2. The minimum Gasteiger partial charge on any atom is -0.495 e. The van der Waals surface area contributed by atoms with Gasteiger partial charge < -0.3 is 20.5 Å². The van der Waals surface area contributed by atoms with Gasteiger partial charge in [-0.3, -0.25) is 0 Å². The Morgan fingerprint density at radius 2 is 1.69 bits per heavy atom. The smallest absolute Gasteiger partial charge is 0.144 e. The molecule has 0 amide bonds. The monoisotopic (exact) mass is 182 g/mol. The molecule has 0 spiro atoms. The largest absolute Gasteiger partial charge is 0.495 e. The van der Waals surface area contributed by atoms with Crippen LogP contribution in [-0.4, -0.2) is 21.3 Å². The Bertz CT molecular complexity index is 300. The van der Waals surface area contributed by atoms with E-state index in [1.54, 1.807) is 33.4 Å². The van der Waals surface area contributed by atoms with Gasteiger partial charge in [0.15, 0.2) is 0 Å². The molecule has 0 radical (unpaired) electrons. The molecule has 0 aromatic heterocycles. The van der Waals surface area contributed by atoms with E-state index in [0.717, 1.165) is 5.69 Å². The summed E-state index contributed by atoms with van der Waals surface area (Å²) in [6.45, 7) is 0. The third kappa shape index (κ3) is 1.61. The normalized spacial score (nSPS) is 9.46. The van der Waals surface area contributed by atoms with Crippen molar-refractivity contribution in [2.24, 2.45) is 0 Å². The van der Waals surface area contributed by atoms with Gasteiger partial charge in [0.25, 0.3) is 0 Å². The van der Waals surface area contributed by atoms with E-state index in [4.69, 9.17) is 15.2 Å².